The Labute approximate surface area is 195 Å². The highest BCUT2D eigenvalue weighted by atomic mass is 16.5. The molecule has 34 heavy (non-hydrogen) atoms. The zero-order valence-corrected chi connectivity index (χ0v) is 19.0. The minimum Gasteiger partial charge on any atom is -0.452 e. The van der Waals surface area contributed by atoms with Crippen LogP contribution < -0.4 is 10.6 Å². The molecule has 0 unspecified atom stereocenters. The van der Waals surface area contributed by atoms with Crippen LogP contribution in [0.15, 0.2) is 60.7 Å². The Morgan fingerprint density at radius 3 is 2.41 bits per heavy atom. The number of aryl methyl sites for hydroxylation is 2. The number of rotatable bonds is 6. The molecule has 0 saturated carbocycles. The predicted octanol–water partition coefficient (Wildman–Crippen LogP) is 3.10. The fourth-order valence-electron chi connectivity index (χ4n) is 3.62. The molecule has 0 aliphatic carbocycles. The molecule has 4 aromatic rings. The predicted molar refractivity (Wildman–Crippen MR) is 127 cm³/mol. The normalized spacial score (nSPS) is 10.7. The molecule has 2 aromatic heterocycles. The van der Waals surface area contributed by atoms with Crippen LogP contribution in [0.5, 0.6) is 0 Å². The topological polar surface area (TPSA) is 115 Å². The van der Waals surface area contributed by atoms with Crippen LogP contribution in [0, 0.1) is 6.92 Å². The molecule has 2 N–H and O–H groups in total. The number of amides is 2. The Kier molecular flexibility index (Phi) is 6.35. The fourth-order valence-corrected chi connectivity index (χ4v) is 3.62. The number of hydrogen-bond donors (Lipinski definition) is 2. The molecule has 4 rings (SSSR count). The maximum absolute atomic E-state index is 13.0. The summed E-state index contributed by atoms with van der Waals surface area (Å²) in [5, 5.41) is 10.1. The highest BCUT2D eigenvalue weighted by molar-refractivity contribution is 6.06. The first-order chi connectivity index (χ1) is 16.4. The molecule has 2 aromatic carbocycles. The van der Waals surface area contributed by atoms with Gasteiger partial charge in [0.15, 0.2) is 12.3 Å². The van der Waals surface area contributed by atoms with Gasteiger partial charge >= 0.3 is 5.97 Å². The fraction of sp³-hybridized carbons (Fsp3) is 0.160. The number of anilines is 1. The van der Waals surface area contributed by atoms with Crippen LogP contribution in [0.2, 0.25) is 0 Å². The van der Waals surface area contributed by atoms with Gasteiger partial charge in [0.1, 0.15) is 0 Å². The molecule has 0 fully saturated rings. The molecule has 2 amide bonds. The van der Waals surface area contributed by atoms with Gasteiger partial charge in [-0.2, -0.15) is 5.10 Å². The van der Waals surface area contributed by atoms with E-state index in [0.717, 1.165) is 5.56 Å². The number of fused-ring (bicyclic) bond motifs is 1. The first-order valence-electron chi connectivity index (χ1n) is 10.6. The molecule has 0 aliphatic rings. The lowest BCUT2D eigenvalue weighted by Crippen LogP contribution is -2.21. The largest absolute Gasteiger partial charge is 0.452 e. The molecule has 2 heterocycles. The smallest absolute Gasteiger partial charge is 0.339 e. The maximum Gasteiger partial charge on any atom is 0.339 e. The number of nitrogens with zero attached hydrogens (tertiary/aromatic N) is 3. The summed E-state index contributed by atoms with van der Waals surface area (Å²) in [5.41, 5.74) is 3.86. The zero-order chi connectivity index (χ0) is 24.2. The maximum atomic E-state index is 13.0. The van der Waals surface area contributed by atoms with Crippen molar-refractivity contribution in [3.05, 3.63) is 77.5 Å². The van der Waals surface area contributed by atoms with Crippen molar-refractivity contribution in [2.75, 3.05) is 19.0 Å². The molecule has 0 radical (unpaired) electrons. The number of nitrogens with one attached hydrogen (secondary N) is 2. The van der Waals surface area contributed by atoms with Gasteiger partial charge in [0.05, 0.1) is 22.3 Å². The first-order valence-corrected chi connectivity index (χ1v) is 10.6. The van der Waals surface area contributed by atoms with Crippen LogP contribution in [-0.4, -0.2) is 46.2 Å². The van der Waals surface area contributed by atoms with Crippen molar-refractivity contribution in [1.82, 2.24) is 20.1 Å². The number of esters is 1. The quantitative estimate of drug-likeness (QED) is 0.430. The van der Waals surface area contributed by atoms with E-state index < -0.39 is 18.5 Å². The van der Waals surface area contributed by atoms with Crippen molar-refractivity contribution in [3.63, 3.8) is 0 Å². The van der Waals surface area contributed by atoms with Gasteiger partial charge < -0.3 is 15.4 Å². The van der Waals surface area contributed by atoms with Gasteiger partial charge in [-0.15, -0.1) is 0 Å². The summed E-state index contributed by atoms with van der Waals surface area (Å²) in [6, 6.07) is 17.5. The molecule has 0 bridgehead atoms. The second-order valence-corrected chi connectivity index (χ2v) is 7.61. The Hall–Kier alpha value is -4.53. The van der Waals surface area contributed by atoms with Crippen molar-refractivity contribution >= 4 is 34.5 Å². The van der Waals surface area contributed by atoms with Crippen LogP contribution in [0.3, 0.4) is 0 Å². The Bertz CT molecular complexity index is 1380. The number of carbonyl (C=O) groups is 3. The van der Waals surface area contributed by atoms with Crippen LogP contribution in [0.4, 0.5) is 5.69 Å². The highest BCUT2D eigenvalue weighted by Crippen LogP contribution is 2.27. The third-order valence-electron chi connectivity index (χ3n) is 5.25. The van der Waals surface area contributed by atoms with Gasteiger partial charge in [-0.25, -0.2) is 9.78 Å². The van der Waals surface area contributed by atoms with E-state index in [-0.39, 0.29) is 11.5 Å². The lowest BCUT2D eigenvalue weighted by Gasteiger charge is -2.10. The van der Waals surface area contributed by atoms with Gasteiger partial charge in [-0.1, -0.05) is 30.3 Å². The van der Waals surface area contributed by atoms with E-state index >= 15 is 0 Å². The summed E-state index contributed by atoms with van der Waals surface area (Å²) in [6.45, 7) is 1.32. The summed E-state index contributed by atoms with van der Waals surface area (Å²) in [7, 11) is 3.30. The van der Waals surface area contributed by atoms with Crippen LogP contribution in [-0.2, 0) is 16.6 Å². The standard InChI is InChI=1S/C25H23N5O4/c1-15-22-19(13-20(16-7-5-4-6-8-16)28-23(22)30(3)29-15)25(33)34-14-21(31)27-18-11-9-17(10-12-18)24(32)26-2/h4-13H,14H2,1-3H3,(H,26,32)(H,27,31). The number of pyridine rings is 1. The van der Waals surface area contributed by atoms with E-state index in [2.05, 4.69) is 20.7 Å². The number of aromatic nitrogens is 3. The van der Waals surface area contributed by atoms with Crippen LogP contribution in [0.25, 0.3) is 22.3 Å². The Morgan fingerprint density at radius 1 is 1.03 bits per heavy atom. The van der Waals surface area contributed by atoms with Gasteiger partial charge in [0.2, 0.25) is 0 Å². The second kappa shape index (κ2) is 9.53. The van der Waals surface area contributed by atoms with E-state index in [1.54, 1.807) is 56.0 Å². The summed E-state index contributed by atoms with van der Waals surface area (Å²) < 4.78 is 6.94. The van der Waals surface area contributed by atoms with Crippen molar-refractivity contribution in [3.8, 4) is 11.3 Å². The molecule has 0 aliphatic heterocycles. The second-order valence-electron chi connectivity index (χ2n) is 7.61. The van der Waals surface area contributed by atoms with Crippen LogP contribution in [0.1, 0.15) is 26.4 Å². The molecular weight excluding hydrogens is 434 g/mol. The summed E-state index contributed by atoms with van der Waals surface area (Å²) in [6.07, 6.45) is 0. The van der Waals surface area contributed by atoms with Gasteiger partial charge in [0, 0.05) is 30.9 Å². The summed E-state index contributed by atoms with van der Waals surface area (Å²) >= 11 is 0. The average Bonchev–Trinajstić information content (AvgIpc) is 3.15. The lowest BCUT2D eigenvalue weighted by atomic mass is 10.1. The summed E-state index contributed by atoms with van der Waals surface area (Å²) in [4.78, 5) is 41.6. The molecule has 172 valence electrons. The third-order valence-corrected chi connectivity index (χ3v) is 5.25. The monoisotopic (exact) mass is 457 g/mol. The van der Waals surface area contributed by atoms with Crippen molar-refractivity contribution in [1.29, 1.82) is 0 Å². The number of hydrogen-bond acceptors (Lipinski definition) is 6. The summed E-state index contributed by atoms with van der Waals surface area (Å²) in [5.74, 6) is -1.38. The van der Waals surface area contributed by atoms with E-state index in [9.17, 15) is 14.4 Å². The number of carbonyl (C=O) groups excluding carboxylic acids is 3. The van der Waals surface area contributed by atoms with Crippen molar-refractivity contribution in [2.24, 2.45) is 7.05 Å². The minimum atomic E-state index is -0.647. The van der Waals surface area contributed by atoms with E-state index in [1.165, 1.54) is 0 Å². The average molecular weight is 457 g/mol. The molecule has 0 spiro atoms. The zero-order valence-electron chi connectivity index (χ0n) is 19.0. The number of benzene rings is 2. The molecule has 0 atom stereocenters. The SMILES string of the molecule is CNC(=O)c1ccc(NC(=O)COC(=O)c2cc(-c3ccccc3)nc3c2c(C)nn3C)cc1. The highest BCUT2D eigenvalue weighted by Gasteiger charge is 2.21. The molecular formula is C25H23N5O4. The van der Waals surface area contributed by atoms with Crippen molar-refractivity contribution < 1.29 is 19.1 Å². The molecule has 0 saturated heterocycles. The van der Waals surface area contributed by atoms with Crippen molar-refractivity contribution in [2.45, 2.75) is 6.92 Å². The van der Waals surface area contributed by atoms with Gasteiger partial charge in [-0.05, 0) is 37.3 Å². The van der Waals surface area contributed by atoms with Crippen LogP contribution >= 0.6 is 0 Å². The van der Waals surface area contributed by atoms with Gasteiger partial charge in [0.25, 0.3) is 11.8 Å². The van der Waals surface area contributed by atoms with E-state index in [0.29, 0.717) is 33.7 Å². The third kappa shape index (κ3) is 4.63. The Balaban J connectivity index is 1.52. The van der Waals surface area contributed by atoms with E-state index in [4.69, 9.17) is 4.74 Å². The molecule has 9 nitrogen and oxygen atoms in total. The van der Waals surface area contributed by atoms with E-state index in [1.807, 2.05) is 30.3 Å². The first kappa shape index (κ1) is 22.7. The number of ether oxygens (including phenoxy) is 1. The minimum absolute atomic E-state index is 0.226. The lowest BCUT2D eigenvalue weighted by molar-refractivity contribution is -0.119. The Morgan fingerprint density at radius 2 is 1.74 bits per heavy atom. The van der Waals surface area contributed by atoms with Gasteiger partial charge in [-0.3, -0.25) is 14.3 Å². The molecule has 9 heteroatoms.